The van der Waals surface area contributed by atoms with Crippen molar-refractivity contribution in [2.24, 2.45) is 5.41 Å². The lowest BCUT2D eigenvalue weighted by Gasteiger charge is -2.60. The number of aromatic nitrogens is 1. The zero-order valence-electron chi connectivity index (χ0n) is 16.9. The van der Waals surface area contributed by atoms with Crippen LogP contribution in [0.2, 0.25) is 0 Å². The topological polar surface area (TPSA) is 45.7 Å². The van der Waals surface area contributed by atoms with Gasteiger partial charge in [0.1, 0.15) is 10.4 Å². The van der Waals surface area contributed by atoms with E-state index in [1.165, 1.54) is 11.3 Å². The molecule has 2 saturated heterocycles. The summed E-state index contributed by atoms with van der Waals surface area (Å²) in [6.45, 7) is 9.42. The second-order valence-corrected chi connectivity index (χ2v) is 10.1. The van der Waals surface area contributed by atoms with Crippen molar-refractivity contribution >= 4 is 33.3 Å². The van der Waals surface area contributed by atoms with Crippen LogP contribution in [-0.2, 0) is 17.3 Å². The summed E-state index contributed by atoms with van der Waals surface area (Å²) < 4.78 is 46.4. The van der Waals surface area contributed by atoms with Gasteiger partial charge in [-0.1, -0.05) is 6.92 Å². The Balaban J connectivity index is 1.54. The number of thiophene rings is 1. The molecule has 2 fully saturated rings. The van der Waals surface area contributed by atoms with Crippen LogP contribution in [0.4, 0.5) is 23.7 Å². The molecule has 0 radical (unpaired) electrons. The lowest BCUT2D eigenvalue weighted by molar-refractivity contribution is -0.137. The molecule has 0 aromatic carbocycles. The van der Waals surface area contributed by atoms with Crippen LogP contribution in [0.3, 0.4) is 0 Å². The maximum atomic E-state index is 13.7. The van der Waals surface area contributed by atoms with Crippen LogP contribution in [0.5, 0.6) is 0 Å². The van der Waals surface area contributed by atoms with Gasteiger partial charge in [-0.3, -0.25) is 0 Å². The summed E-state index contributed by atoms with van der Waals surface area (Å²) in [4.78, 5) is 21.3. The Morgan fingerprint density at radius 3 is 2.45 bits per heavy atom. The van der Waals surface area contributed by atoms with Crippen LogP contribution >= 0.6 is 11.3 Å². The molecule has 0 saturated carbocycles. The van der Waals surface area contributed by atoms with E-state index in [1.54, 1.807) is 9.80 Å². The van der Waals surface area contributed by atoms with E-state index in [4.69, 9.17) is 4.74 Å². The van der Waals surface area contributed by atoms with Crippen molar-refractivity contribution in [1.29, 1.82) is 0 Å². The summed E-state index contributed by atoms with van der Waals surface area (Å²) in [5.41, 5.74) is -1.19. The molecule has 1 spiro atoms. The summed E-state index contributed by atoms with van der Waals surface area (Å²) in [7, 11) is 0. The first-order valence-electron chi connectivity index (χ1n) is 9.62. The van der Waals surface area contributed by atoms with Gasteiger partial charge in [0.15, 0.2) is 0 Å². The van der Waals surface area contributed by atoms with E-state index >= 15 is 0 Å². The quantitative estimate of drug-likeness (QED) is 0.682. The number of fused-ring (bicyclic) bond motifs is 1. The molecule has 0 bridgehead atoms. The molecule has 1 amide bonds. The Morgan fingerprint density at radius 2 is 1.90 bits per heavy atom. The van der Waals surface area contributed by atoms with Crippen LogP contribution in [0, 0.1) is 5.41 Å². The number of likely N-dealkylation sites (tertiary alicyclic amines) is 1. The molecule has 2 aromatic heterocycles. The molecular weight excluding hydrogens is 403 g/mol. The number of alkyl halides is 3. The van der Waals surface area contributed by atoms with Gasteiger partial charge in [0, 0.05) is 48.1 Å². The monoisotopic (exact) mass is 427 g/mol. The number of hydrogen-bond acceptors (Lipinski definition) is 5. The Morgan fingerprint density at radius 1 is 1.24 bits per heavy atom. The van der Waals surface area contributed by atoms with Crippen molar-refractivity contribution in [2.75, 3.05) is 31.1 Å². The number of halogens is 3. The number of rotatable bonds is 2. The van der Waals surface area contributed by atoms with E-state index in [9.17, 15) is 18.0 Å². The highest BCUT2D eigenvalue weighted by atomic mass is 32.1. The van der Waals surface area contributed by atoms with Gasteiger partial charge in [-0.2, -0.15) is 13.2 Å². The zero-order chi connectivity index (χ0) is 21.2. The molecule has 0 atom stereocenters. The Bertz CT molecular complexity index is 950. The van der Waals surface area contributed by atoms with E-state index in [0.717, 1.165) is 17.5 Å². The largest absolute Gasteiger partial charge is 0.444 e. The van der Waals surface area contributed by atoms with Gasteiger partial charge in [0.05, 0.1) is 11.3 Å². The van der Waals surface area contributed by atoms with Gasteiger partial charge >= 0.3 is 12.3 Å². The molecule has 0 N–H and O–H groups in total. The summed E-state index contributed by atoms with van der Waals surface area (Å²) in [6.07, 6.45) is -3.12. The fraction of sp³-hybridized carbons (Fsp3) is 0.600. The summed E-state index contributed by atoms with van der Waals surface area (Å²) in [6, 6.07) is 1.83. The fourth-order valence-corrected chi connectivity index (χ4v) is 5.03. The second kappa shape index (κ2) is 6.48. The lowest BCUT2D eigenvalue weighted by atomic mass is 9.72. The number of hydrogen-bond donors (Lipinski definition) is 0. The molecule has 2 aromatic rings. The molecule has 0 aliphatic carbocycles. The molecule has 2 aliphatic heterocycles. The second-order valence-electron chi connectivity index (χ2n) is 9.00. The van der Waals surface area contributed by atoms with E-state index in [1.807, 2.05) is 33.8 Å². The van der Waals surface area contributed by atoms with Gasteiger partial charge in [0.25, 0.3) is 0 Å². The molecule has 158 valence electrons. The number of nitrogens with zero attached hydrogens (tertiary/aromatic N) is 3. The van der Waals surface area contributed by atoms with E-state index in [0.29, 0.717) is 36.4 Å². The summed E-state index contributed by atoms with van der Waals surface area (Å²) in [5.74, 6) is 0. The van der Waals surface area contributed by atoms with E-state index in [2.05, 4.69) is 4.98 Å². The van der Waals surface area contributed by atoms with E-state index in [-0.39, 0.29) is 17.2 Å². The number of amides is 1. The normalized spacial score (nSPS) is 18.7. The minimum absolute atomic E-state index is 0.154. The molecule has 29 heavy (non-hydrogen) atoms. The van der Waals surface area contributed by atoms with Crippen molar-refractivity contribution in [3.05, 3.63) is 22.7 Å². The molecule has 2 aliphatic rings. The highest BCUT2D eigenvalue weighted by Crippen LogP contribution is 2.49. The minimum Gasteiger partial charge on any atom is -0.444 e. The van der Waals surface area contributed by atoms with Crippen molar-refractivity contribution in [3.63, 3.8) is 0 Å². The smallest absolute Gasteiger partial charge is 0.419 e. The molecule has 9 heteroatoms. The minimum atomic E-state index is -4.46. The predicted molar refractivity (Wildman–Crippen MR) is 106 cm³/mol. The van der Waals surface area contributed by atoms with Gasteiger partial charge < -0.3 is 14.5 Å². The number of ether oxygens (including phenoxy) is 1. The van der Waals surface area contributed by atoms with Gasteiger partial charge in [-0.25, -0.2) is 9.78 Å². The lowest BCUT2D eigenvalue weighted by Crippen LogP contribution is -2.73. The highest BCUT2D eigenvalue weighted by molar-refractivity contribution is 7.18. The molecular formula is C20H24F3N3O2S. The number of carbonyl (C=O) groups excluding carboxylic acids is 1. The fourth-order valence-electron chi connectivity index (χ4n) is 4.09. The van der Waals surface area contributed by atoms with Crippen molar-refractivity contribution in [3.8, 4) is 0 Å². The Kier molecular flexibility index (Phi) is 4.53. The molecule has 4 rings (SSSR count). The van der Waals surface area contributed by atoms with Gasteiger partial charge in [0.2, 0.25) is 0 Å². The molecule has 4 heterocycles. The average Bonchev–Trinajstić information content (AvgIpc) is 2.92. The summed E-state index contributed by atoms with van der Waals surface area (Å²) >= 11 is 1.44. The third kappa shape index (κ3) is 3.65. The maximum absolute atomic E-state index is 13.7. The van der Waals surface area contributed by atoms with E-state index < -0.39 is 17.3 Å². The highest BCUT2D eigenvalue weighted by Gasteiger charge is 2.55. The number of carbonyl (C=O) groups is 1. The third-order valence-electron chi connectivity index (χ3n) is 5.31. The van der Waals surface area contributed by atoms with Crippen LogP contribution in [-0.4, -0.2) is 47.8 Å². The number of aryl methyl sites for hydroxylation is 1. The first-order chi connectivity index (χ1) is 13.4. The van der Waals surface area contributed by atoms with Gasteiger partial charge in [-0.05, 0) is 33.3 Å². The SMILES string of the molecule is CCc1cc2c(N3CC4(CN(C(=O)OC(C)(C)C)C4)C3)c(C(F)(F)F)cnc2s1. The number of pyridine rings is 1. The van der Waals surface area contributed by atoms with Crippen molar-refractivity contribution in [1.82, 2.24) is 9.88 Å². The Hall–Kier alpha value is -2.03. The molecule has 0 unspecified atom stereocenters. The van der Waals surface area contributed by atoms with Crippen molar-refractivity contribution in [2.45, 2.75) is 45.9 Å². The summed E-state index contributed by atoms with van der Waals surface area (Å²) in [5, 5.41) is 0.569. The Labute approximate surface area is 171 Å². The average molecular weight is 427 g/mol. The first kappa shape index (κ1) is 20.3. The van der Waals surface area contributed by atoms with Crippen LogP contribution in [0.25, 0.3) is 10.2 Å². The van der Waals surface area contributed by atoms with Crippen LogP contribution in [0.15, 0.2) is 12.3 Å². The van der Waals surface area contributed by atoms with Crippen molar-refractivity contribution < 1.29 is 22.7 Å². The molecule has 5 nitrogen and oxygen atoms in total. The maximum Gasteiger partial charge on any atom is 0.419 e. The first-order valence-corrected chi connectivity index (χ1v) is 10.4. The standard InChI is InChI=1S/C20H24F3N3O2S/c1-5-12-6-13-15(14(20(21,22)23)7-24-16(13)29-12)25-8-19(9-25)10-26(11-19)17(27)28-18(2,3)4/h6-7H,5,8-11H2,1-4H3. The van der Waals surface area contributed by atoms with Crippen LogP contribution < -0.4 is 4.90 Å². The van der Waals surface area contributed by atoms with Crippen LogP contribution in [0.1, 0.15) is 38.1 Å². The zero-order valence-corrected chi connectivity index (χ0v) is 17.7. The third-order valence-corrected chi connectivity index (χ3v) is 6.50. The predicted octanol–water partition coefficient (Wildman–Crippen LogP) is 4.93. The van der Waals surface area contributed by atoms with Gasteiger partial charge in [-0.15, -0.1) is 11.3 Å². The number of anilines is 1.